The van der Waals surface area contributed by atoms with Crippen LogP contribution in [0.15, 0.2) is 24.3 Å². The van der Waals surface area contributed by atoms with Crippen LogP contribution < -0.4 is 0 Å². The number of aldehydes is 2. The van der Waals surface area contributed by atoms with E-state index in [1.165, 1.54) is 51.4 Å². The number of allylic oxidation sites excluding steroid dienone is 4. The minimum Gasteiger partial charge on any atom is -0.299 e. The molecule has 0 atom stereocenters. The van der Waals surface area contributed by atoms with Crippen molar-refractivity contribution in [3.05, 3.63) is 24.3 Å². The lowest BCUT2D eigenvalue weighted by molar-refractivity contribution is -0.104. The average molecular weight is 280 g/mol. The highest BCUT2D eigenvalue weighted by Crippen LogP contribution is 2.02. The Morgan fingerprint density at radius 2 is 1.00 bits per heavy atom. The van der Waals surface area contributed by atoms with Gasteiger partial charge in [0.15, 0.2) is 0 Å². The molecule has 0 rings (SSSR count). The zero-order valence-corrected chi connectivity index (χ0v) is 13.4. The predicted octanol–water partition coefficient (Wildman–Crippen LogP) is 5.42. The molecule has 0 radical (unpaired) electrons. The summed E-state index contributed by atoms with van der Waals surface area (Å²) >= 11 is 0. The third-order valence-electron chi connectivity index (χ3n) is 2.88. The Hall–Kier alpha value is -1.18. The van der Waals surface area contributed by atoms with Crippen LogP contribution in [0.1, 0.15) is 78.1 Å². The first kappa shape index (κ1) is 21.1. The van der Waals surface area contributed by atoms with Gasteiger partial charge in [-0.2, -0.15) is 0 Å². The summed E-state index contributed by atoms with van der Waals surface area (Å²) in [4.78, 5) is 19.6. The summed E-state index contributed by atoms with van der Waals surface area (Å²) in [6, 6.07) is 0. The van der Waals surface area contributed by atoms with Crippen LogP contribution in [0.3, 0.4) is 0 Å². The fourth-order valence-corrected chi connectivity index (χ4v) is 1.68. The van der Waals surface area contributed by atoms with E-state index >= 15 is 0 Å². The van der Waals surface area contributed by atoms with E-state index in [1.54, 1.807) is 12.2 Å². The molecule has 2 heteroatoms. The first-order chi connectivity index (χ1) is 9.83. The molecule has 0 bridgehead atoms. The standard InChI is InChI=1S/2C9H16O/c2*1-2-3-4-5-6-7-8-9-10/h2*7-9H,2-6H2,1H3/b2*8-7+. The Morgan fingerprint density at radius 1 is 0.600 bits per heavy atom. The first-order valence-corrected chi connectivity index (χ1v) is 8.04. The molecule has 2 nitrogen and oxygen atoms in total. The summed E-state index contributed by atoms with van der Waals surface area (Å²) in [7, 11) is 0. The molecule has 0 saturated carbocycles. The normalized spacial score (nSPS) is 10.5. The summed E-state index contributed by atoms with van der Waals surface area (Å²) in [5, 5.41) is 0. The highest BCUT2D eigenvalue weighted by molar-refractivity contribution is 5.64. The van der Waals surface area contributed by atoms with Crippen LogP contribution in [0.2, 0.25) is 0 Å². The third-order valence-corrected chi connectivity index (χ3v) is 2.88. The van der Waals surface area contributed by atoms with Gasteiger partial charge in [0.25, 0.3) is 0 Å². The fraction of sp³-hybridized carbons (Fsp3) is 0.667. The number of rotatable bonds is 12. The summed E-state index contributed by atoms with van der Waals surface area (Å²) in [5.41, 5.74) is 0. The van der Waals surface area contributed by atoms with Crippen LogP contribution in [0, 0.1) is 0 Å². The van der Waals surface area contributed by atoms with Gasteiger partial charge in [0.2, 0.25) is 0 Å². The maximum Gasteiger partial charge on any atom is 0.142 e. The second-order valence-electron chi connectivity index (χ2n) is 4.83. The van der Waals surface area contributed by atoms with E-state index in [1.807, 2.05) is 12.2 Å². The lowest BCUT2D eigenvalue weighted by atomic mass is 10.1. The van der Waals surface area contributed by atoms with Gasteiger partial charge < -0.3 is 0 Å². The Bertz CT molecular complexity index is 216. The van der Waals surface area contributed by atoms with Crippen molar-refractivity contribution >= 4 is 12.6 Å². The average Bonchev–Trinajstić information content (AvgIpc) is 2.47. The number of unbranched alkanes of at least 4 members (excludes halogenated alkanes) is 8. The van der Waals surface area contributed by atoms with Crippen LogP contribution in [0.4, 0.5) is 0 Å². The molecule has 0 unspecified atom stereocenters. The number of hydrogen-bond donors (Lipinski definition) is 0. The maximum absolute atomic E-state index is 9.81. The molecule has 0 aliphatic carbocycles. The molecular formula is C18H32O2. The quantitative estimate of drug-likeness (QED) is 0.271. The minimum absolute atomic E-state index is 0.833. The highest BCUT2D eigenvalue weighted by atomic mass is 16.1. The molecule has 0 heterocycles. The predicted molar refractivity (Wildman–Crippen MR) is 87.9 cm³/mol. The van der Waals surface area contributed by atoms with Gasteiger partial charge >= 0.3 is 0 Å². The molecular weight excluding hydrogens is 248 g/mol. The van der Waals surface area contributed by atoms with Gasteiger partial charge in [0, 0.05) is 0 Å². The molecule has 0 spiro atoms. The van der Waals surface area contributed by atoms with Gasteiger partial charge in [-0.15, -0.1) is 0 Å². The van der Waals surface area contributed by atoms with Gasteiger partial charge in [0.05, 0.1) is 0 Å². The number of hydrogen-bond acceptors (Lipinski definition) is 2. The van der Waals surface area contributed by atoms with Crippen molar-refractivity contribution in [3.8, 4) is 0 Å². The van der Waals surface area contributed by atoms with Gasteiger partial charge in [-0.25, -0.2) is 0 Å². The summed E-state index contributed by atoms with van der Waals surface area (Å²) < 4.78 is 0. The topological polar surface area (TPSA) is 34.1 Å². The Kier molecular flexibility index (Phi) is 24.2. The van der Waals surface area contributed by atoms with Crippen molar-refractivity contribution in [3.63, 3.8) is 0 Å². The maximum atomic E-state index is 9.81. The molecule has 0 fully saturated rings. The lowest BCUT2D eigenvalue weighted by Gasteiger charge is -1.92. The van der Waals surface area contributed by atoms with Crippen molar-refractivity contribution in [1.29, 1.82) is 0 Å². The van der Waals surface area contributed by atoms with Crippen molar-refractivity contribution in [2.24, 2.45) is 0 Å². The Morgan fingerprint density at radius 3 is 1.30 bits per heavy atom. The van der Waals surface area contributed by atoms with Crippen LogP contribution in [0.5, 0.6) is 0 Å². The van der Waals surface area contributed by atoms with Crippen molar-refractivity contribution in [2.45, 2.75) is 78.1 Å². The summed E-state index contributed by atoms with van der Waals surface area (Å²) in [6.07, 6.45) is 21.0. The van der Waals surface area contributed by atoms with E-state index in [9.17, 15) is 9.59 Å². The van der Waals surface area contributed by atoms with E-state index in [2.05, 4.69) is 13.8 Å². The largest absolute Gasteiger partial charge is 0.299 e. The molecule has 116 valence electrons. The second-order valence-corrected chi connectivity index (χ2v) is 4.83. The smallest absolute Gasteiger partial charge is 0.142 e. The summed E-state index contributed by atoms with van der Waals surface area (Å²) in [6.45, 7) is 4.39. The number of carbonyl (C=O) groups excluding carboxylic acids is 2. The molecule has 0 amide bonds. The molecule has 0 aliphatic rings. The first-order valence-electron chi connectivity index (χ1n) is 8.04. The van der Waals surface area contributed by atoms with E-state index in [-0.39, 0.29) is 0 Å². The van der Waals surface area contributed by atoms with E-state index in [0.717, 1.165) is 25.4 Å². The molecule has 0 aromatic rings. The van der Waals surface area contributed by atoms with Crippen LogP contribution in [-0.2, 0) is 9.59 Å². The van der Waals surface area contributed by atoms with Gasteiger partial charge in [-0.1, -0.05) is 64.5 Å². The van der Waals surface area contributed by atoms with Crippen molar-refractivity contribution in [2.75, 3.05) is 0 Å². The molecule has 0 aromatic carbocycles. The third kappa shape index (κ3) is 25.6. The Labute approximate surface area is 125 Å². The van der Waals surface area contributed by atoms with Crippen LogP contribution in [-0.4, -0.2) is 12.6 Å². The molecule has 0 aliphatic heterocycles. The molecule has 0 aromatic heterocycles. The van der Waals surface area contributed by atoms with E-state index < -0.39 is 0 Å². The van der Waals surface area contributed by atoms with Crippen LogP contribution in [0.25, 0.3) is 0 Å². The zero-order valence-electron chi connectivity index (χ0n) is 13.4. The van der Waals surface area contributed by atoms with Gasteiger partial charge in [-0.05, 0) is 37.8 Å². The van der Waals surface area contributed by atoms with Gasteiger partial charge in [-0.3, -0.25) is 9.59 Å². The lowest BCUT2D eigenvalue weighted by Crippen LogP contribution is -1.73. The van der Waals surface area contributed by atoms with E-state index in [0.29, 0.717) is 0 Å². The number of carbonyl (C=O) groups is 2. The van der Waals surface area contributed by atoms with Gasteiger partial charge in [0.1, 0.15) is 12.6 Å². The molecule has 20 heavy (non-hydrogen) atoms. The van der Waals surface area contributed by atoms with Crippen molar-refractivity contribution < 1.29 is 9.59 Å². The zero-order chi connectivity index (χ0) is 15.3. The highest BCUT2D eigenvalue weighted by Gasteiger charge is 1.83. The SMILES string of the molecule is CCCCCC/C=C/C=O.CCCCCC/C=C/C=O. The molecule has 0 saturated heterocycles. The summed E-state index contributed by atoms with van der Waals surface area (Å²) in [5.74, 6) is 0. The Balaban J connectivity index is 0. The fourth-order valence-electron chi connectivity index (χ4n) is 1.68. The van der Waals surface area contributed by atoms with Crippen molar-refractivity contribution in [1.82, 2.24) is 0 Å². The van der Waals surface area contributed by atoms with Crippen LogP contribution >= 0.6 is 0 Å². The second kappa shape index (κ2) is 23.0. The van der Waals surface area contributed by atoms with E-state index in [4.69, 9.17) is 0 Å². The minimum atomic E-state index is 0.833. The molecule has 0 N–H and O–H groups in total. The monoisotopic (exact) mass is 280 g/mol.